The molecule has 3 rings (SSSR count). The normalized spacial score (nSPS) is 18.2. The second-order valence-corrected chi connectivity index (χ2v) is 7.83. The molecule has 0 saturated carbocycles. The van der Waals surface area contributed by atoms with E-state index in [1.807, 2.05) is 11.5 Å². The van der Waals surface area contributed by atoms with Gasteiger partial charge in [-0.1, -0.05) is 6.92 Å². The van der Waals surface area contributed by atoms with Crippen LogP contribution in [0.4, 0.5) is 5.82 Å². The van der Waals surface area contributed by atoms with Crippen molar-refractivity contribution < 1.29 is 15.0 Å². The maximum atomic E-state index is 11.1. The van der Waals surface area contributed by atoms with Crippen LogP contribution in [0.25, 0.3) is 11.2 Å². The van der Waals surface area contributed by atoms with E-state index in [1.54, 1.807) is 6.33 Å². The highest BCUT2D eigenvalue weighted by Crippen LogP contribution is 2.29. The van der Waals surface area contributed by atoms with Crippen LogP contribution in [0.3, 0.4) is 0 Å². The highest BCUT2D eigenvalue weighted by atomic mass is 16.3. The van der Waals surface area contributed by atoms with E-state index < -0.39 is 5.41 Å². The first-order valence-electron chi connectivity index (χ1n) is 9.36. The van der Waals surface area contributed by atoms with Crippen molar-refractivity contribution >= 4 is 22.9 Å². The first-order chi connectivity index (χ1) is 13.0. The molecule has 9 nitrogen and oxygen atoms in total. The fourth-order valence-corrected chi connectivity index (χ4v) is 3.62. The molecule has 0 spiro atoms. The minimum absolute atomic E-state index is 0.130. The first-order valence-corrected chi connectivity index (χ1v) is 9.36. The van der Waals surface area contributed by atoms with Crippen molar-refractivity contribution in [2.24, 2.45) is 17.1 Å². The molecule has 0 aromatic carbocycles. The molecule has 1 atom stereocenters. The summed E-state index contributed by atoms with van der Waals surface area (Å²) in [4.78, 5) is 26.6. The summed E-state index contributed by atoms with van der Waals surface area (Å²) >= 11 is 0. The quantitative estimate of drug-likeness (QED) is 0.604. The predicted octanol–water partition coefficient (Wildman–Crippen LogP) is 0.299. The topological polar surface area (TPSA) is 130 Å². The maximum absolute atomic E-state index is 11.1. The number of carbonyl (C=O) groups is 1. The second kappa shape index (κ2) is 8.18. The van der Waals surface area contributed by atoms with Gasteiger partial charge in [-0.25, -0.2) is 15.0 Å². The number of aliphatic hydroxyl groups excluding tert-OH is 2. The molecule has 1 aliphatic rings. The van der Waals surface area contributed by atoms with E-state index in [4.69, 9.17) is 5.73 Å². The average molecular weight is 376 g/mol. The minimum Gasteiger partial charge on any atom is -0.396 e. The van der Waals surface area contributed by atoms with Crippen LogP contribution in [0.2, 0.25) is 0 Å². The Morgan fingerprint density at radius 1 is 1.33 bits per heavy atom. The average Bonchev–Trinajstić information content (AvgIpc) is 3.09. The molecule has 0 aliphatic carbocycles. The van der Waals surface area contributed by atoms with Crippen molar-refractivity contribution in [2.75, 3.05) is 31.2 Å². The molecule has 2 aromatic heterocycles. The summed E-state index contributed by atoms with van der Waals surface area (Å²) in [7, 11) is 0. The number of piperidine rings is 1. The monoisotopic (exact) mass is 376 g/mol. The molecule has 1 amide bonds. The van der Waals surface area contributed by atoms with Crippen molar-refractivity contribution in [1.82, 2.24) is 19.5 Å². The van der Waals surface area contributed by atoms with Crippen molar-refractivity contribution in [2.45, 2.75) is 39.2 Å². The molecule has 2 aromatic rings. The molecule has 27 heavy (non-hydrogen) atoms. The lowest BCUT2D eigenvalue weighted by atomic mass is 9.93. The van der Waals surface area contributed by atoms with Gasteiger partial charge < -0.3 is 25.4 Å². The Morgan fingerprint density at radius 2 is 2.11 bits per heavy atom. The standard InChI is InChI=1S/C18H28N6O3/c1-18(9-25,10-26)8-24-12-22-15-16(20-11-21-17(15)24)23-6-2-3-13(7-23)4-5-14(19)27/h11-13,25-26H,2-10H2,1H3,(H2,19,27). The molecule has 9 heteroatoms. The number of anilines is 1. The lowest BCUT2D eigenvalue weighted by molar-refractivity contribution is -0.118. The number of carbonyl (C=O) groups excluding carboxylic acids is 1. The summed E-state index contributed by atoms with van der Waals surface area (Å²) in [6.45, 7) is 3.67. The number of nitrogens with two attached hydrogens (primary N) is 1. The number of hydrogen-bond acceptors (Lipinski definition) is 7. The minimum atomic E-state index is -0.649. The molecular formula is C18H28N6O3. The predicted molar refractivity (Wildman–Crippen MR) is 101 cm³/mol. The number of amides is 1. The molecule has 1 saturated heterocycles. The number of imidazole rings is 1. The van der Waals surface area contributed by atoms with Gasteiger partial charge in [0.1, 0.15) is 6.33 Å². The number of nitrogens with zero attached hydrogens (tertiary/aromatic N) is 5. The van der Waals surface area contributed by atoms with Gasteiger partial charge in [0.25, 0.3) is 0 Å². The van der Waals surface area contributed by atoms with E-state index in [0.717, 1.165) is 38.2 Å². The van der Waals surface area contributed by atoms with E-state index in [1.165, 1.54) is 6.33 Å². The fourth-order valence-electron chi connectivity index (χ4n) is 3.62. The zero-order chi connectivity index (χ0) is 19.4. The number of hydrogen-bond donors (Lipinski definition) is 3. The fraction of sp³-hybridized carbons (Fsp3) is 0.667. The summed E-state index contributed by atoms with van der Waals surface area (Å²) in [5, 5.41) is 19.1. The maximum Gasteiger partial charge on any atom is 0.217 e. The van der Waals surface area contributed by atoms with Crippen LogP contribution in [-0.2, 0) is 11.3 Å². The molecule has 148 valence electrons. The third-order valence-corrected chi connectivity index (χ3v) is 5.31. The van der Waals surface area contributed by atoms with Crippen LogP contribution in [0.15, 0.2) is 12.7 Å². The lowest BCUT2D eigenvalue weighted by Crippen LogP contribution is -2.36. The highest BCUT2D eigenvalue weighted by Gasteiger charge is 2.27. The van der Waals surface area contributed by atoms with Gasteiger partial charge in [0.05, 0.1) is 19.5 Å². The van der Waals surface area contributed by atoms with Crippen LogP contribution in [-0.4, -0.2) is 61.9 Å². The summed E-state index contributed by atoms with van der Waals surface area (Å²) < 4.78 is 1.85. The largest absolute Gasteiger partial charge is 0.396 e. The van der Waals surface area contributed by atoms with Crippen LogP contribution >= 0.6 is 0 Å². The molecule has 1 aliphatic heterocycles. The Kier molecular flexibility index (Phi) is 5.91. The summed E-state index contributed by atoms with van der Waals surface area (Å²) in [5.41, 5.74) is 6.04. The van der Waals surface area contributed by atoms with Gasteiger partial charge in [0.15, 0.2) is 17.0 Å². The first kappa shape index (κ1) is 19.5. The van der Waals surface area contributed by atoms with Crippen LogP contribution in [0.1, 0.15) is 32.6 Å². The number of aromatic nitrogens is 4. The molecule has 1 fully saturated rings. The van der Waals surface area contributed by atoms with Gasteiger partial charge in [-0.2, -0.15) is 0 Å². The number of aliphatic hydroxyl groups is 2. The Morgan fingerprint density at radius 3 is 2.81 bits per heavy atom. The molecular weight excluding hydrogens is 348 g/mol. The molecule has 1 unspecified atom stereocenters. The molecule has 0 bridgehead atoms. The smallest absolute Gasteiger partial charge is 0.217 e. The number of rotatable bonds is 8. The van der Waals surface area contributed by atoms with E-state index in [-0.39, 0.29) is 19.1 Å². The molecule has 0 radical (unpaired) electrons. The van der Waals surface area contributed by atoms with Gasteiger partial charge in [0.2, 0.25) is 5.91 Å². The Hall–Kier alpha value is -2.26. The van der Waals surface area contributed by atoms with Crippen molar-refractivity contribution in [3.05, 3.63) is 12.7 Å². The van der Waals surface area contributed by atoms with Gasteiger partial charge >= 0.3 is 0 Å². The highest BCUT2D eigenvalue weighted by molar-refractivity contribution is 5.83. The Labute approximate surface area is 158 Å². The third-order valence-electron chi connectivity index (χ3n) is 5.31. The van der Waals surface area contributed by atoms with Crippen LogP contribution < -0.4 is 10.6 Å². The van der Waals surface area contributed by atoms with E-state index in [9.17, 15) is 15.0 Å². The van der Waals surface area contributed by atoms with Gasteiger partial charge in [-0.05, 0) is 25.2 Å². The van der Waals surface area contributed by atoms with Crippen molar-refractivity contribution in [1.29, 1.82) is 0 Å². The molecule has 4 N–H and O–H groups in total. The van der Waals surface area contributed by atoms with E-state index in [0.29, 0.717) is 30.0 Å². The Bertz CT molecular complexity index is 788. The zero-order valence-electron chi connectivity index (χ0n) is 15.7. The number of fused-ring (bicyclic) bond motifs is 1. The van der Waals surface area contributed by atoms with Gasteiger partial charge in [0, 0.05) is 31.5 Å². The second-order valence-electron chi connectivity index (χ2n) is 7.83. The van der Waals surface area contributed by atoms with Gasteiger partial charge in [-0.15, -0.1) is 0 Å². The van der Waals surface area contributed by atoms with Gasteiger partial charge in [-0.3, -0.25) is 4.79 Å². The van der Waals surface area contributed by atoms with Crippen LogP contribution in [0.5, 0.6) is 0 Å². The summed E-state index contributed by atoms with van der Waals surface area (Å²) in [5.74, 6) is 0.939. The van der Waals surface area contributed by atoms with Crippen molar-refractivity contribution in [3.63, 3.8) is 0 Å². The van der Waals surface area contributed by atoms with E-state index in [2.05, 4.69) is 19.9 Å². The van der Waals surface area contributed by atoms with Crippen molar-refractivity contribution in [3.8, 4) is 0 Å². The summed E-state index contributed by atoms with van der Waals surface area (Å²) in [6, 6.07) is 0. The zero-order valence-corrected chi connectivity index (χ0v) is 15.7. The summed E-state index contributed by atoms with van der Waals surface area (Å²) in [6.07, 6.45) is 6.52. The molecule has 3 heterocycles. The number of primary amides is 1. The Balaban J connectivity index is 1.82. The third kappa shape index (κ3) is 4.36. The van der Waals surface area contributed by atoms with E-state index >= 15 is 0 Å². The lowest BCUT2D eigenvalue weighted by Gasteiger charge is -2.33. The van der Waals surface area contributed by atoms with Crippen LogP contribution in [0, 0.1) is 11.3 Å². The SMILES string of the molecule is CC(CO)(CO)Cn1cnc2c(N3CCCC(CCC(N)=O)C3)ncnc21.